The molecule has 0 aliphatic heterocycles. The van der Waals surface area contributed by atoms with Gasteiger partial charge in [0, 0.05) is 17.1 Å². The highest BCUT2D eigenvalue weighted by Crippen LogP contribution is 2.41. The molecule has 0 fully saturated rings. The van der Waals surface area contributed by atoms with Gasteiger partial charge in [-0.15, -0.1) is 0 Å². The summed E-state index contributed by atoms with van der Waals surface area (Å²) in [5.41, 5.74) is 10.2. The Morgan fingerprint density at radius 2 is 0.977 bits per heavy atom. The zero-order valence-electron chi connectivity index (χ0n) is 24.1. The van der Waals surface area contributed by atoms with Gasteiger partial charge in [-0.2, -0.15) is 0 Å². The van der Waals surface area contributed by atoms with Gasteiger partial charge >= 0.3 is 7.12 Å². The van der Waals surface area contributed by atoms with Gasteiger partial charge in [0.2, 0.25) is 0 Å². The summed E-state index contributed by atoms with van der Waals surface area (Å²) in [6, 6.07) is 58.5. The third-order valence-electron chi connectivity index (χ3n) is 8.07. The predicted octanol–water partition coefficient (Wildman–Crippen LogP) is 8.99. The van der Waals surface area contributed by atoms with Crippen LogP contribution in [0.2, 0.25) is 0 Å². The second-order valence-electron chi connectivity index (χ2n) is 10.9. The molecule has 0 aliphatic carbocycles. The summed E-state index contributed by atoms with van der Waals surface area (Å²) in [5.74, 6) is 0. The summed E-state index contributed by atoms with van der Waals surface area (Å²) in [7, 11) is -1.52. The standard InChI is InChI=1S/C40H30BNO2/c43-41(44)35-20-22-36(23-21-35)42(37-17-9-16-33(27-37)29-10-3-1-4-11-29)38-24-25-39(31-13-5-2-6-14-31)40(28-38)34-19-18-30-12-7-8-15-32(30)26-34/h1-28,43-44H. The summed E-state index contributed by atoms with van der Waals surface area (Å²) in [6.07, 6.45) is 0. The van der Waals surface area contributed by atoms with Gasteiger partial charge in [0.05, 0.1) is 0 Å². The summed E-state index contributed by atoms with van der Waals surface area (Å²) >= 11 is 0. The third-order valence-corrected chi connectivity index (χ3v) is 8.07. The van der Waals surface area contributed by atoms with Crippen LogP contribution < -0.4 is 10.4 Å². The van der Waals surface area contributed by atoms with Gasteiger partial charge < -0.3 is 14.9 Å². The summed E-state index contributed by atoms with van der Waals surface area (Å²) < 4.78 is 0. The molecular formula is C40H30BNO2. The second-order valence-corrected chi connectivity index (χ2v) is 10.9. The summed E-state index contributed by atoms with van der Waals surface area (Å²) in [5, 5.41) is 21.9. The normalized spacial score (nSPS) is 11.0. The molecule has 0 bridgehead atoms. The molecule has 7 aromatic rings. The number of hydrogen-bond donors (Lipinski definition) is 2. The fourth-order valence-electron chi connectivity index (χ4n) is 5.83. The maximum Gasteiger partial charge on any atom is 0.488 e. The van der Waals surface area contributed by atoms with Crippen LogP contribution in [0.3, 0.4) is 0 Å². The molecule has 0 amide bonds. The van der Waals surface area contributed by atoms with Crippen molar-refractivity contribution in [2.24, 2.45) is 0 Å². The highest BCUT2D eigenvalue weighted by Gasteiger charge is 2.18. The maximum absolute atomic E-state index is 9.77. The lowest BCUT2D eigenvalue weighted by atomic mass is 9.80. The molecule has 210 valence electrons. The first-order valence-corrected chi connectivity index (χ1v) is 14.7. The van der Waals surface area contributed by atoms with Crippen LogP contribution in [0.4, 0.5) is 17.1 Å². The molecule has 0 unspecified atom stereocenters. The molecule has 0 saturated carbocycles. The Labute approximate surface area is 258 Å². The van der Waals surface area contributed by atoms with Gasteiger partial charge in [0.15, 0.2) is 0 Å². The largest absolute Gasteiger partial charge is 0.488 e. The number of nitrogens with zero attached hydrogens (tertiary/aromatic N) is 1. The Kier molecular flexibility index (Phi) is 7.52. The van der Waals surface area contributed by atoms with Crippen molar-refractivity contribution in [3.63, 3.8) is 0 Å². The van der Waals surface area contributed by atoms with Crippen molar-refractivity contribution in [1.82, 2.24) is 0 Å². The SMILES string of the molecule is OB(O)c1ccc(N(c2cccc(-c3ccccc3)c2)c2ccc(-c3ccccc3)c(-c3ccc4ccccc4c3)c2)cc1. The Hall–Kier alpha value is -5.42. The zero-order valence-corrected chi connectivity index (χ0v) is 24.1. The topological polar surface area (TPSA) is 43.7 Å². The summed E-state index contributed by atoms with van der Waals surface area (Å²) in [6.45, 7) is 0. The van der Waals surface area contributed by atoms with Gasteiger partial charge in [-0.25, -0.2) is 0 Å². The van der Waals surface area contributed by atoms with Crippen molar-refractivity contribution in [2.75, 3.05) is 4.90 Å². The third kappa shape index (κ3) is 5.52. The average Bonchev–Trinajstić information content (AvgIpc) is 3.09. The zero-order chi connectivity index (χ0) is 29.9. The lowest BCUT2D eigenvalue weighted by molar-refractivity contribution is 0.426. The lowest BCUT2D eigenvalue weighted by Gasteiger charge is -2.27. The molecule has 7 rings (SSSR count). The van der Waals surface area contributed by atoms with Crippen LogP contribution in [0, 0.1) is 0 Å². The molecule has 4 heteroatoms. The number of rotatable bonds is 7. The summed E-state index contributed by atoms with van der Waals surface area (Å²) in [4.78, 5) is 2.22. The quantitative estimate of drug-likeness (QED) is 0.189. The van der Waals surface area contributed by atoms with Gasteiger partial charge in [-0.1, -0.05) is 127 Å². The Bertz CT molecular complexity index is 2040. The van der Waals surface area contributed by atoms with E-state index in [0.717, 1.165) is 50.4 Å². The van der Waals surface area contributed by atoms with Crippen molar-refractivity contribution >= 4 is 40.4 Å². The van der Waals surface area contributed by atoms with Crippen molar-refractivity contribution < 1.29 is 10.0 Å². The van der Waals surface area contributed by atoms with E-state index in [2.05, 4.69) is 138 Å². The molecule has 2 N–H and O–H groups in total. The number of anilines is 3. The monoisotopic (exact) mass is 567 g/mol. The van der Waals surface area contributed by atoms with Crippen molar-refractivity contribution in [1.29, 1.82) is 0 Å². The molecule has 0 aromatic heterocycles. The minimum absolute atomic E-state index is 0.447. The van der Waals surface area contributed by atoms with Crippen LogP contribution >= 0.6 is 0 Å². The second kappa shape index (κ2) is 12.1. The van der Waals surface area contributed by atoms with Crippen LogP contribution in [-0.2, 0) is 0 Å². The Morgan fingerprint density at radius 1 is 0.364 bits per heavy atom. The number of hydrogen-bond acceptors (Lipinski definition) is 3. The van der Waals surface area contributed by atoms with Gasteiger partial charge in [0.25, 0.3) is 0 Å². The van der Waals surface area contributed by atoms with E-state index in [1.165, 1.54) is 10.8 Å². The van der Waals surface area contributed by atoms with E-state index < -0.39 is 7.12 Å². The van der Waals surface area contributed by atoms with Crippen LogP contribution in [0.15, 0.2) is 170 Å². The highest BCUT2D eigenvalue weighted by atomic mass is 16.4. The first-order chi connectivity index (χ1) is 21.6. The fourth-order valence-corrected chi connectivity index (χ4v) is 5.83. The van der Waals surface area contributed by atoms with E-state index in [-0.39, 0.29) is 0 Å². The lowest BCUT2D eigenvalue weighted by Crippen LogP contribution is -2.29. The van der Waals surface area contributed by atoms with Crippen LogP contribution in [-0.4, -0.2) is 17.2 Å². The molecule has 0 saturated heterocycles. The van der Waals surface area contributed by atoms with Crippen LogP contribution in [0.25, 0.3) is 44.2 Å². The van der Waals surface area contributed by atoms with Crippen molar-refractivity contribution in [3.05, 3.63) is 170 Å². The number of benzene rings is 7. The Morgan fingerprint density at radius 3 is 1.70 bits per heavy atom. The molecule has 3 nitrogen and oxygen atoms in total. The van der Waals surface area contributed by atoms with Crippen molar-refractivity contribution in [2.45, 2.75) is 0 Å². The first-order valence-electron chi connectivity index (χ1n) is 14.7. The van der Waals surface area contributed by atoms with E-state index in [9.17, 15) is 10.0 Å². The van der Waals surface area contributed by atoms with E-state index >= 15 is 0 Å². The van der Waals surface area contributed by atoms with Crippen molar-refractivity contribution in [3.8, 4) is 33.4 Å². The van der Waals surface area contributed by atoms with Gasteiger partial charge in [-0.05, 0) is 92.1 Å². The molecule has 0 heterocycles. The minimum Gasteiger partial charge on any atom is -0.423 e. The van der Waals surface area contributed by atoms with E-state index in [0.29, 0.717) is 5.46 Å². The Balaban J connectivity index is 1.43. The molecule has 7 aromatic carbocycles. The van der Waals surface area contributed by atoms with Crippen LogP contribution in [0.1, 0.15) is 0 Å². The maximum atomic E-state index is 9.77. The molecule has 0 aliphatic rings. The molecule has 0 atom stereocenters. The van der Waals surface area contributed by atoms with Gasteiger partial charge in [0.1, 0.15) is 0 Å². The fraction of sp³-hybridized carbons (Fsp3) is 0. The molecule has 0 spiro atoms. The molecule has 44 heavy (non-hydrogen) atoms. The average molecular weight is 567 g/mol. The first kappa shape index (κ1) is 27.4. The smallest absolute Gasteiger partial charge is 0.423 e. The minimum atomic E-state index is -1.52. The molecular weight excluding hydrogens is 537 g/mol. The van der Waals surface area contributed by atoms with Gasteiger partial charge in [-0.3, -0.25) is 0 Å². The van der Waals surface area contributed by atoms with E-state index in [4.69, 9.17) is 0 Å². The van der Waals surface area contributed by atoms with E-state index in [1.54, 1.807) is 12.1 Å². The number of fused-ring (bicyclic) bond motifs is 1. The van der Waals surface area contributed by atoms with Crippen LogP contribution in [0.5, 0.6) is 0 Å². The molecule has 0 radical (unpaired) electrons. The highest BCUT2D eigenvalue weighted by molar-refractivity contribution is 6.58. The predicted molar refractivity (Wildman–Crippen MR) is 185 cm³/mol. The van der Waals surface area contributed by atoms with E-state index in [1.807, 2.05) is 24.3 Å².